The molecule has 0 unspecified atom stereocenters. The van der Waals surface area contributed by atoms with Crippen LogP contribution in [0.25, 0.3) is 0 Å². The first-order chi connectivity index (χ1) is 4.00. The van der Waals surface area contributed by atoms with E-state index in [2.05, 4.69) is 26.3 Å². The van der Waals surface area contributed by atoms with E-state index in [4.69, 9.17) is 21.0 Å². The molecule has 0 aromatic heterocycles. The van der Waals surface area contributed by atoms with Crippen molar-refractivity contribution < 1.29 is 17.1 Å². The van der Waals surface area contributed by atoms with Gasteiger partial charge in [-0.15, -0.1) is 0 Å². The molecule has 0 amide bonds. The van der Waals surface area contributed by atoms with Crippen molar-refractivity contribution in [2.75, 3.05) is 0 Å². The van der Waals surface area contributed by atoms with Crippen LogP contribution in [0.4, 0.5) is 0 Å². The average molecular weight is 164 g/mol. The van der Waals surface area contributed by atoms with Gasteiger partial charge in [0.05, 0.1) is 0 Å². The summed E-state index contributed by atoms with van der Waals surface area (Å²) in [5.41, 5.74) is 0. The Kier molecular flexibility index (Phi) is 478. The molecule has 0 saturated heterocycles. The summed E-state index contributed by atoms with van der Waals surface area (Å²) in [5.74, 6) is 0. The van der Waals surface area contributed by atoms with E-state index in [1.54, 1.807) is 0 Å². The number of hydrogen-bond acceptors (Lipinski definition) is 4. The maximum Gasteiger partial charge on any atom is 0.0462 e. The standard InChI is InChI=1S/4CHN.Fe/c4*1-2;/h4*1H;. The van der Waals surface area contributed by atoms with Crippen molar-refractivity contribution in [3.63, 3.8) is 0 Å². The summed E-state index contributed by atoms with van der Waals surface area (Å²) >= 11 is 0. The van der Waals surface area contributed by atoms with E-state index in [9.17, 15) is 0 Å². The van der Waals surface area contributed by atoms with Gasteiger partial charge in [0.1, 0.15) is 0 Å². The third-order valence-electron chi connectivity index (χ3n) is 0. The molecule has 0 rings (SSSR count). The summed E-state index contributed by atoms with van der Waals surface area (Å²) in [5, 5.41) is 26.0. The predicted octanol–water partition coefficient (Wildman–Crippen LogP) is 0.557. The molecule has 5 heteroatoms. The van der Waals surface area contributed by atoms with Gasteiger partial charge < -0.3 is 0 Å². The fourth-order valence-corrected chi connectivity index (χ4v) is 0. The zero-order valence-corrected chi connectivity index (χ0v) is 5.56. The fraction of sp³-hybridized carbons (Fsp3) is 0. The minimum absolute atomic E-state index is 0. The van der Waals surface area contributed by atoms with Gasteiger partial charge in [-0.3, -0.25) is 0 Å². The molecule has 0 radical (unpaired) electrons. The molecule has 0 saturated carbocycles. The molecule has 48 valence electrons. The second-order valence-corrected chi connectivity index (χ2v) is 0. The Bertz CT molecular complexity index is 55.5. The van der Waals surface area contributed by atoms with Gasteiger partial charge in [0.15, 0.2) is 0 Å². The van der Waals surface area contributed by atoms with Crippen molar-refractivity contribution >= 4 is 0 Å². The van der Waals surface area contributed by atoms with Crippen molar-refractivity contribution in [1.29, 1.82) is 21.0 Å². The van der Waals surface area contributed by atoms with Crippen LogP contribution in [0, 0.1) is 47.3 Å². The minimum atomic E-state index is 0. The summed E-state index contributed by atoms with van der Waals surface area (Å²) in [6.45, 7) is 14.0. The minimum Gasteiger partial charge on any atom is -0.202 e. The monoisotopic (exact) mass is 164 g/mol. The van der Waals surface area contributed by atoms with Gasteiger partial charge in [0.25, 0.3) is 0 Å². The Balaban J connectivity index is -0.00000000762. The van der Waals surface area contributed by atoms with Crippen LogP contribution in [-0.4, -0.2) is 0 Å². The first-order valence-corrected chi connectivity index (χ1v) is 1.03. The predicted molar refractivity (Wildman–Crippen MR) is 26.7 cm³/mol. The van der Waals surface area contributed by atoms with Crippen molar-refractivity contribution in [3.05, 3.63) is 0 Å². The van der Waals surface area contributed by atoms with Crippen LogP contribution in [-0.2, 0) is 17.1 Å². The average Bonchev–Trinajstić information content (AvgIpc) is 2.03. The van der Waals surface area contributed by atoms with Gasteiger partial charge in [0, 0.05) is 43.4 Å². The second kappa shape index (κ2) is 84.1. The maximum atomic E-state index is 6.50. The third-order valence-corrected chi connectivity index (χ3v) is 0. The van der Waals surface area contributed by atoms with Crippen molar-refractivity contribution in [2.24, 2.45) is 0 Å². The molecule has 9 heavy (non-hydrogen) atoms. The largest absolute Gasteiger partial charge is 0.202 e. The molecular weight excluding hydrogens is 160 g/mol. The molecule has 0 heterocycles. The van der Waals surface area contributed by atoms with E-state index < -0.39 is 0 Å². The molecule has 0 N–H and O–H groups in total. The van der Waals surface area contributed by atoms with Gasteiger partial charge in [0.2, 0.25) is 0 Å². The molecule has 0 bridgehead atoms. The van der Waals surface area contributed by atoms with Crippen LogP contribution in [0.1, 0.15) is 0 Å². The molecule has 4 nitrogen and oxygen atoms in total. The van der Waals surface area contributed by atoms with Gasteiger partial charge in [-0.1, -0.05) is 0 Å². The molecule has 0 fully saturated rings. The summed E-state index contributed by atoms with van der Waals surface area (Å²) in [7, 11) is 0. The first kappa shape index (κ1) is 51.1. The smallest absolute Gasteiger partial charge is 0.0462 e. The molecular formula is C4H4FeN4. The third kappa shape index (κ3) is 56.2. The normalized spacial score (nSPS) is 0.889. The summed E-state index contributed by atoms with van der Waals surface area (Å²) < 4.78 is 0. The number of hydrogen-bond donors (Lipinski definition) is 0. The Morgan fingerprint density at radius 3 is 0.444 bits per heavy atom. The van der Waals surface area contributed by atoms with E-state index in [1.165, 1.54) is 0 Å². The Morgan fingerprint density at radius 1 is 0.444 bits per heavy atom. The van der Waals surface area contributed by atoms with Crippen molar-refractivity contribution in [2.45, 2.75) is 0 Å². The summed E-state index contributed by atoms with van der Waals surface area (Å²) in [6, 6.07) is 0. The van der Waals surface area contributed by atoms with Crippen LogP contribution >= 0.6 is 0 Å². The van der Waals surface area contributed by atoms with Crippen molar-refractivity contribution in [3.8, 4) is 26.3 Å². The fourth-order valence-electron chi connectivity index (χ4n) is 0. The van der Waals surface area contributed by atoms with E-state index in [0.717, 1.165) is 0 Å². The van der Waals surface area contributed by atoms with E-state index in [-0.39, 0.29) is 17.1 Å². The molecule has 0 atom stereocenters. The van der Waals surface area contributed by atoms with Gasteiger partial charge in [-0.2, -0.15) is 0 Å². The number of nitriles is 4. The summed E-state index contributed by atoms with van der Waals surface area (Å²) in [6.07, 6.45) is 0. The zero-order valence-electron chi connectivity index (χ0n) is 4.45. The topological polar surface area (TPSA) is 95.2 Å². The van der Waals surface area contributed by atoms with Gasteiger partial charge in [-0.25, -0.2) is 21.0 Å². The molecule has 0 aliphatic carbocycles. The van der Waals surface area contributed by atoms with E-state index >= 15 is 0 Å². The summed E-state index contributed by atoms with van der Waals surface area (Å²) in [4.78, 5) is 0. The van der Waals surface area contributed by atoms with E-state index in [1.807, 2.05) is 0 Å². The van der Waals surface area contributed by atoms with Crippen LogP contribution in [0.3, 0.4) is 0 Å². The second-order valence-electron chi connectivity index (χ2n) is 0. The van der Waals surface area contributed by atoms with Crippen LogP contribution in [0.5, 0.6) is 0 Å². The zero-order chi connectivity index (χ0) is 8.00. The van der Waals surface area contributed by atoms with Crippen LogP contribution in [0.2, 0.25) is 0 Å². The maximum absolute atomic E-state index is 6.50. The number of nitrogens with zero attached hydrogens (tertiary/aromatic N) is 4. The molecule has 0 spiro atoms. The van der Waals surface area contributed by atoms with Crippen LogP contribution in [0.15, 0.2) is 0 Å². The molecule has 0 aliphatic heterocycles. The molecule has 0 aromatic carbocycles. The van der Waals surface area contributed by atoms with Gasteiger partial charge in [-0.05, 0) is 0 Å². The Morgan fingerprint density at radius 2 is 0.444 bits per heavy atom. The first-order valence-electron chi connectivity index (χ1n) is 1.03. The Hall–Kier alpha value is -1.52. The Labute approximate surface area is 65.0 Å². The molecule has 0 aromatic rings. The van der Waals surface area contributed by atoms with Crippen LogP contribution < -0.4 is 0 Å². The molecule has 0 aliphatic rings. The number of rotatable bonds is 0. The SMILES string of the molecule is C#N.C#N.C#N.C#N.[Fe]. The van der Waals surface area contributed by atoms with Crippen molar-refractivity contribution in [1.82, 2.24) is 0 Å². The quantitative estimate of drug-likeness (QED) is 0.488. The van der Waals surface area contributed by atoms with Gasteiger partial charge >= 0.3 is 0 Å². The van der Waals surface area contributed by atoms with E-state index in [0.29, 0.717) is 0 Å².